The molecule has 1 unspecified atom stereocenters. The van der Waals surface area contributed by atoms with Gasteiger partial charge in [0.05, 0.1) is 18.2 Å². The summed E-state index contributed by atoms with van der Waals surface area (Å²) in [6.45, 7) is 4.34. The molecule has 0 aliphatic carbocycles. The minimum absolute atomic E-state index is 0.210. The molecule has 0 radical (unpaired) electrons. The molecule has 1 atom stereocenters. The summed E-state index contributed by atoms with van der Waals surface area (Å²) in [6.07, 6.45) is 0.939. The standard InChI is InChI=1S/C28H25ClN4O2/c1-3-19-13-15-20(16-14-19)25-24(27-31-26(32-35-27)21-9-5-4-6-10-21)18(2)33(28(34)30-25)17-22-11-7-8-12-23(22)29/h4-16,25H,3,17H2,1-2H3,(H,30,34). The van der Waals surface area contributed by atoms with Gasteiger partial charge in [0, 0.05) is 16.3 Å². The van der Waals surface area contributed by atoms with Crippen molar-refractivity contribution in [3.05, 3.63) is 112 Å². The Kier molecular flexibility index (Phi) is 6.38. The number of nitrogens with zero attached hydrogens (tertiary/aromatic N) is 3. The number of hydrogen-bond acceptors (Lipinski definition) is 4. The molecule has 176 valence electrons. The molecule has 35 heavy (non-hydrogen) atoms. The largest absolute Gasteiger partial charge is 0.334 e. The Bertz CT molecular complexity index is 1380. The molecule has 1 aliphatic heterocycles. The monoisotopic (exact) mass is 484 g/mol. The quantitative estimate of drug-likeness (QED) is 0.332. The highest BCUT2D eigenvalue weighted by atomic mass is 35.5. The summed E-state index contributed by atoms with van der Waals surface area (Å²) < 4.78 is 5.76. The van der Waals surface area contributed by atoms with Gasteiger partial charge in [0.1, 0.15) is 0 Å². The summed E-state index contributed by atoms with van der Waals surface area (Å²) in [7, 11) is 0. The van der Waals surface area contributed by atoms with Crippen LogP contribution in [0.25, 0.3) is 17.0 Å². The second-order valence-electron chi connectivity index (χ2n) is 8.44. The molecule has 1 aliphatic rings. The molecule has 0 saturated carbocycles. The predicted octanol–water partition coefficient (Wildman–Crippen LogP) is 6.65. The maximum Gasteiger partial charge on any atom is 0.322 e. The molecule has 0 bridgehead atoms. The normalized spacial score (nSPS) is 15.9. The van der Waals surface area contributed by atoms with Gasteiger partial charge in [-0.15, -0.1) is 0 Å². The van der Waals surface area contributed by atoms with E-state index in [0.717, 1.165) is 34.4 Å². The Labute approximate surface area is 209 Å². The number of nitrogens with one attached hydrogen (secondary N) is 1. The lowest BCUT2D eigenvalue weighted by Gasteiger charge is -2.35. The van der Waals surface area contributed by atoms with Gasteiger partial charge >= 0.3 is 6.03 Å². The van der Waals surface area contributed by atoms with E-state index in [4.69, 9.17) is 21.1 Å². The first-order valence-corrected chi connectivity index (χ1v) is 11.9. The molecule has 2 heterocycles. The van der Waals surface area contributed by atoms with E-state index in [2.05, 4.69) is 29.5 Å². The minimum Gasteiger partial charge on any atom is -0.334 e. The van der Waals surface area contributed by atoms with Gasteiger partial charge in [0.15, 0.2) is 0 Å². The van der Waals surface area contributed by atoms with Gasteiger partial charge in [-0.3, -0.25) is 4.90 Å². The molecule has 1 N–H and O–H groups in total. The molecule has 0 fully saturated rings. The van der Waals surface area contributed by atoms with E-state index >= 15 is 0 Å². The van der Waals surface area contributed by atoms with E-state index in [1.807, 2.05) is 73.7 Å². The highest BCUT2D eigenvalue weighted by Gasteiger charge is 2.36. The van der Waals surface area contributed by atoms with Crippen LogP contribution in [0.4, 0.5) is 4.79 Å². The Morgan fingerprint density at radius 1 is 1.00 bits per heavy atom. The van der Waals surface area contributed by atoms with E-state index in [0.29, 0.717) is 23.3 Å². The number of hydrogen-bond donors (Lipinski definition) is 1. The van der Waals surface area contributed by atoms with Crippen LogP contribution in [0.15, 0.2) is 89.1 Å². The third-order valence-corrected chi connectivity index (χ3v) is 6.66. The Hall–Kier alpha value is -3.90. The molecular formula is C28H25ClN4O2. The summed E-state index contributed by atoms with van der Waals surface area (Å²) >= 11 is 6.40. The zero-order chi connectivity index (χ0) is 24.4. The average Bonchev–Trinajstić information content (AvgIpc) is 3.37. The third-order valence-electron chi connectivity index (χ3n) is 6.29. The van der Waals surface area contributed by atoms with Crippen molar-refractivity contribution in [2.45, 2.75) is 32.9 Å². The molecular weight excluding hydrogens is 460 g/mol. The zero-order valence-corrected chi connectivity index (χ0v) is 20.3. The fourth-order valence-corrected chi connectivity index (χ4v) is 4.47. The van der Waals surface area contributed by atoms with Gasteiger partial charge in [-0.25, -0.2) is 4.79 Å². The van der Waals surface area contributed by atoms with Crippen LogP contribution in [0, 0.1) is 0 Å². The molecule has 1 aromatic heterocycles. The second kappa shape index (κ2) is 9.76. The Morgan fingerprint density at radius 2 is 1.71 bits per heavy atom. The zero-order valence-electron chi connectivity index (χ0n) is 19.5. The van der Waals surface area contributed by atoms with Crippen LogP contribution in [0.2, 0.25) is 5.02 Å². The van der Waals surface area contributed by atoms with E-state index in [9.17, 15) is 4.79 Å². The number of carbonyl (C=O) groups is 1. The van der Waals surface area contributed by atoms with Gasteiger partial charge in [0.25, 0.3) is 5.89 Å². The van der Waals surface area contributed by atoms with Gasteiger partial charge < -0.3 is 9.84 Å². The number of aryl methyl sites for hydroxylation is 1. The summed E-state index contributed by atoms with van der Waals surface area (Å²) in [4.78, 5) is 19.7. The number of rotatable bonds is 6. The van der Waals surface area contributed by atoms with Crippen LogP contribution < -0.4 is 5.32 Å². The van der Waals surface area contributed by atoms with E-state index in [1.54, 1.807) is 4.90 Å². The number of carbonyl (C=O) groups excluding carboxylic acids is 1. The van der Waals surface area contributed by atoms with Gasteiger partial charge in [-0.2, -0.15) is 4.98 Å². The van der Waals surface area contributed by atoms with Crippen molar-refractivity contribution in [2.75, 3.05) is 0 Å². The summed E-state index contributed by atoms with van der Waals surface area (Å²) in [5.41, 5.74) is 5.38. The molecule has 0 saturated heterocycles. The predicted molar refractivity (Wildman–Crippen MR) is 136 cm³/mol. The molecule has 2 amide bonds. The van der Waals surface area contributed by atoms with E-state index in [1.165, 1.54) is 5.56 Å². The van der Waals surface area contributed by atoms with Gasteiger partial charge in [-0.1, -0.05) is 96.5 Å². The summed E-state index contributed by atoms with van der Waals surface area (Å²) in [5, 5.41) is 7.97. The summed E-state index contributed by atoms with van der Waals surface area (Å²) in [6, 6.07) is 24.8. The SMILES string of the molecule is CCc1ccc(C2NC(=O)N(Cc3ccccc3Cl)C(C)=C2c2nc(-c3ccccc3)no2)cc1. The van der Waals surface area contributed by atoms with Gasteiger partial charge in [0.2, 0.25) is 5.82 Å². The Morgan fingerprint density at radius 3 is 2.43 bits per heavy atom. The number of benzene rings is 3. The van der Waals surface area contributed by atoms with E-state index < -0.39 is 6.04 Å². The number of aromatic nitrogens is 2. The van der Waals surface area contributed by atoms with Crippen LogP contribution in [-0.2, 0) is 13.0 Å². The second-order valence-corrected chi connectivity index (χ2v) is 8.85. The fraction of sp³-hybridized carbons (Fsp3) is 0.179. The van der Waals surface area contributed by atoms with Crippen LogP contribution in [-0.4, -0.2) is 21.1 Å². The minimum atomic E-state index is -0.431. The molecule has 6 nitrogen and oxygen atoms in total. The Balaban J connectivity index is 1.60. The van der Waals surface area contributed by atoms with Crippen LogP contribution in [0.1, 0.15) is 42.5 Å². The lowest BCUT2D eigenvalue weighted by Crippen LogP contribution is -2.45. The molecule has 3 aromatic carbocycles. The number of halogens is 1. The fourth-order valence-electron chi connectivity index (χ4n) is 4.28. The lowest BCUT2D eigenvalue weighted by molar-refractivity contribution is 0.203. The summed E-state index contributed by atoms with van der Waals surface area (Å²) in [5.74, 6) is 0.866. The topological polar surface area (TPSA) is 71.3 Å². The highest BCUT2D eigenvalue weighted by molar-refractivity contribution is 6.31. The molecule has 0 spiro atoms. The highest BCUT2D eigenvalue weighted by Crippen LogP contribution is 2.38. The van der Waals surface area contributed by atoms with Crippen molar-refractivity contribution in [3.8, 4) is 11.4 Å². The van der Waals surface area contributed by atoms with Crippen LogP contribution >= 0.6 is 11.6 Å². The third kappa shape index (κ3) is 4.57. The van der Waals surface area contributed by atoms with Crippen molar-refractivity contribution in [2.24, 2.45) is 0 Å². The van der Waals surface area contributed by atoms with Crippen LogP contribution in [0.5, 0.6) is 0 Å². The van der Waals surface area contributed by atoms with Crippen LogP contribution in [0.3, 0.4) is 0 Å². The number of amides is 2. The van der Waals surface area contributed by atoms with Crippen molar-refractivity contribution < 1.29 is 9.32 Å². The van der Waals surface area contributed by atoms with Crippen molar-refractivity contribution in [3.63, 3.8) is 0 Å². The average molecular weight is 485 g/mol. The van der Waals surface area contributed by atoms with Crippen molar-refractivity contribution in [1.29, 1.82) is 0 Å². The smallest absolute Gasteiger partial charge is 0.322 e. The first-order chi connectivity index (χ1) is 17.0. The number of allylic oxidation sites excluding steroid dienone is 1. The first-order valence-electron chi connectivity index (χ1n) is 11.6. The lowest BCUT2D eigenvalue weighted by atomic mass is 9.93. The maximum atomic E-state index is 13.3. The first kappa shape index (κ1) is 22.9. The molecule has 5 rings (SSSR count). The van der Waals surface area contributed by atoms with Gasteiger partial charge in [-0.05, 0) is 36.1 Å². The number of urea groups is 1. The van der Waals surface area contributed by atoms with E-state index in [-0.39, 0.29) is 6.03 Å². The maximum absolute atomic E-state index is 13.3. The van der Waals surface area contributed by atoms with Crippen molar-refractivity contribution in [1.82, 2.24) is 20.4 Å². The van der Waals surface area contributed by atoms with Crippen molar-refractivity contribution >= 4 is 23.2 Å². The molecule has 4 aromatic rings. The molecule has 7 heteroatoms.